The number of aromatic nitrogens is 1. The number of carbonyl (C=O) groups is 1. The van der Waals surface area contributed by atoms with Gasteiger partial charge in [-0.3, -0.25) is 4.79 Å². The van der Waals surface area contributed by atoms with Crippen molar-refractivity contribution in [1.29, 1.82) is 0 Å². The molecule has 1 aliphatic rings. The number of nitrogens with one attached hydrogen (secondary N) is 2. The first-order chi connectivity index (χ1) is 10.5. The van der Waals surface area contributed by atoms with Crippen LogP contribution in [0, 0.1) is 5.41 Å². The molecule has 0 radical (unpaired) electrons. The van der Waals surface area contributed by atoms with Crippen LogP contribution in [-0.4, -0.2) is 37.0 Å². The summed E-state index contributed by atoms with van der Waals surface area (Å²) in [5.74, 6) is 0.109. The maximum atomic E-state index is 12.3. The molecule has 0 unspecified atom stereocenters. The molecule has 0 spiro atoms. The van der Waals surface area contributed by atoms with Crippen LogP contribution in [0.1, 0.15) is 25.5 Å². The monoisotopic (exact) mass is 313 g/mol. The molecule has 122 valence electrons. The quantitative estimate of drug-likeness (QED) is 0.839. The summed E-state index contributed by atoms with van der Waals surface area (Å²) >= 11 is 0. The number of pyridine rings is 1. The molecule has 1 aromatic rings. The van der Waals surface area contributed by atoms with Gasteiger partial charge in [0.05, 0.1) is 17.7 Å². The predicted molar refractivity (Wildman–Crippen MR) is 77.8 cm³/mol. The average molecular weight is 313 g/mol. The summed E-state index contributed by atoms with van der Waals surface area (Å²) < 4.78 is 29.1. The van der Waals surface area contributed by atoms with E-state index >= 15 is 0 Å². The third-order valence-electron chi connectivity index (χ3n) is 3.71. The average Bonchev–Trinajstić information content (AvgIpc) is 2.51. The molecule has 2 N–H and O–H groups in total. The zero-order chi connectivity index (χ0) is 16.0. The Morgan fingerprint density at radius 1 is 1.55 bits per heavy atom. The van der Waals surface area contributed by atoms with Gasteiger partial charge in [0.2, 0.25) is 11.8 Å². The van der Waals surface area contributed by atoms with E-state index in [-0.39, 0.29) is 18.3 Å². The first kappa shape index (κ1) is 16.6. The van der Waals surface area contributed by atoms with E-state index < -0.39 is 18.4 Å². The second-order valence-corrected chi connectivity index (χ2v) is 5.69. The minimum absolute atomic E-state index is 0.0274. The van der Waals surface area contributed by atoms with Crippen molar-refractivity contribution in [2.75, 3.05) is 19.7 Å². The van der Waals surface area contributed by atoms with Crippen LogP contribution in [0.25, 0.3) is 0 Å². The molecule has 0 saturated carbocycles. The van der Waals surface area contributed by atoms with E-state index in [1.807, 2.05) is 6.92 Å². The third kappa shape index (κ3) is 4.62. The highest BCUT2D eigenvalue weighted by molar-refractivity contribution is 5.82. The lowest BCUT2D eigenvalue weighted by Gasteiger charge is -2.32. The van der Waals surface area contributed by atoms with Gasteiger partial charge in [-0.25, -0.2) is 13.8 Å². The molecule has 1 amide bonds. The van der Waals surface area contributed by atoms with E-state index in [1.54, 1.807) is 12.1 Å². The molecule has 0 bridgehead atoms. The van der Waals surface area contributed by atoms with Crippen LogP contribution >= 0.6 is 0 Å². The molecule has 0 aromatic carbocycles. The fraction of sp³-hybridized carbons (Fsp3) is 0.600. The second-order valence-electron chi connectivity index (χ2n) is 5.69. The predicted octanol–water partition coefficient (Wildman–Crippen LogP) is 1.73. The lowest BCUT2D eigenvalue weighted by molar-refractivity contribution is -0.131. The van der Waals surface area contributed by atoms with Crippen molar-refractivity contribution in [3.05, 3.63) is 23.9 Å². The van der Waals surface area contributed by atoms with Gasteiger partial charge in [0, 0.05) is 12.6 Å². The van der Waals surface area contributed by atoms with Crippen LogP contribution in [0.4, 0.5) is 8.78 Å². The molecule has 1 aliphatic heterocycles. The Balaban J connectivity index is 1.88. The summed E-state index contributed by atoms with van der Waals surface area (Å²) in [5.41, 5.74) is 0.162. The maximum absolute atomic E-state index is 12.3. The number of ether oxygens (including phenoxy) is 1. The Kier molecular flexibility index (Phi) is 5.65. The molecule has 2 rings (SSSR count). The van der Waals surface area contributed by atoms with E-state index in [2.05, 4.69) is 15.6 Å². The van der Waals surface area contributed by atoms with Crippen LogP contribution in [0.2, 0.25) is 0 Å². The Morgan fingerprint density at radius 2 is 2.36 bits per heavy atom. The maximum Gasteiger partial charge on any atom is 0.272 e. The molecule has 1 fully saturated rings. The summed E-state index contributed by atoms with van der Waals surface area (Å²) in [6, 6.07) is 4.90. The van der Waals surface area contributed by atoms with Crippen LogP contribution in [0.5, 0.6) is 5.88 Å². The molecule has 1 atom stereocenters. The fourth-order valence-corrected chi connectivity index (χ4v) is 2.42. The molecule has 1 saturated heterocycles. The molecule has 7 heteroatoms. The highest BCUT2D eigenvalue weighted by Gasteiger charge is 2.34. The number of rotatable bonds is 6. The van der Waals surface area contributed by atoms with Gasteiger partial charge in [-0.1, -0.05) is 6.07 Å². The van der Waals surface area contributed by atoms with Gasteiger partial charge < -0.3 is 15.4 Å². The Morgan fingerprint density at radius 3 is 3.05 bits per heavy atom. The van der Waals surface area contributed by atoms with E-state index in [0.29, 0.717) is 12.2 Å². The summed E-state index contributed by atoms with van der Waals surface area (Å²) in [6.45, 7) is 3.09. The van der Waals surface area contributed by atoms with Gasteiger partial charge in [0.25, 0.3) is 6.43 Å². The van der Waals surface area contributed by atoms with E-state index in [4.69, 9.17) is 4.74 Å². The minimum Gasteiger partial charge on any atom is -0.472 e. The number of hydrogen-bond acceptors (Lipinski definition) is 4. The first-order valence-electron chi connectivity index (χ1n) is 7.35. The van der Waals surface area contributed by atoms with Gasteiger partial charge in [0.1, 0.15) is 0 Å². The smallest absolute Gasteiger partial charge is 0.272 e. The molecular formula is C15H21F2N3O2. The highest BCUT2D eigenvalue weighted by atomic mass is 19.3. The summed E-state index contributed by atoms with van der Waals surface area (Å²) in [6.07, 6.45) is -0.723. The van der Waals surface area contributed by atoms with Crippen molar-refractivity contribution in [1.82, 2.24) is 15.6 Å². The van der Waals surface area contributed by atoms with E-state index in [9.17, 15) is 13.6 Å². The lowest BCUT2D eigenvalue weighted by atomic mass is 9.82. The summed E-state index contributed by atoms with van der Waals surface area (Å²) in [7, 11) is 0. The SMILES string of the molecule is C[C@@]1(C(=O)NCc2cccc(OCC(F)F)n2)CCCNC1. The number of amides is 1. The fourth-order valence-electron chi connectivity index (χ4n) is 2.42. The molecule has 22 heavy (non-hydrogen) atoms. The first-order valence-corrected chi connectivity index (χ1v) is 7.35. The van der Waals surface area contributed by atoms with Crippen LogP contribution in [0.15, 0.2) is 18.2 Å². The number of alkyl halides is 2. The zero-order valence-corrected chi connectivity index (χ0v) is 12.6. The highest BCUT2D eigenvalue weighted by Crippen LogP contribution is 2.25. The van der Waals surface area contributed by atoms with Crippen molar-refractivity contribution in [3.8, 4) is 5.88 Å². The molecule has 1 aromatic heterocycles. The zero-order valence-electron chi connectivity index (χ0n) is 12.6. The standard InChI is InChI=1S/C15H21F2N3O2/c1-15(6-3-7-18-10-15)14(21)19-8-11-4-2-5-13(20-11)22-9-12(16)17/h2,4-5,12,18H,3,6-10H2,1H3,(H,19,21)/t15-/m1/s1. The van der Waals surface area contributed by atoms with E-state index in [1.165, 1.54) is 6.07 Å². The topological polar surface area (TPSA) is 63.2 Å². The van der Waals surface area contributed by atoms with E-state index in [0.717, 1.165) is 19.4 Å². The van der Waals surface area contributed by atoms with Crippen molar-refractivity contribution < 1.29 is 18.3 Å². The minimum atomic E-state index is -2.54. The van der Waals surface area contributed by atoms with Crippen molar-refractivity contribution in [2.24, 2.45) is 5.41 Å². The Bertz CT molecular complexity index is 505. The number of nitrogens with zero attached hydrogens (tertiary/aromatic N) is 1. The largest absolute Gasteiger partial charge is 0.472 e. The Hall–Kier alpha value is -1.76. The van der Waals surface area contributed by atoms with Gasteiger partial charge in [0.15, 0.2) is 6.61 Å². The number of hydrogen-bond donors (Lipinski definition) is 2. The lowest BCUT2D eigenvalue weighted by Crippen LogP contribution is -2.48. The summed E-state index contributed by atoms with van der Waals surface area (Å²) in [5, 5.41) is 6.08. The Labute approximate surface area is 128 Å². The molecule has 2 heterocycles. The van der Waals surface area contributed by atoms with Gasteiger partial charge in [-0.05, 0) is 32.4 Å². The van der Waals surface area contributed by atoms with Crippen LogP contribution in [-0.2, 0) is 11.3 Å². The number of piperidine rings is 1. The van der Waals surface area contributed by atoms with Crippen molar-refractivity contribution >= 4 is 5.91 Å². The number of carbonyl (C=O) groups excluding carboxylic acids is 1. The van der Waals surface area contributed by atoms with Crippen molar-refractivity contribution in [2.45, 2.75) is 32.7 Å². The van der Waals surface area contributed by atoms with Crippen LogP contribution in [0.3, 0.4) is 0 Å². The number of halogens is 2. The van der Waals surface area contributed by atoms with Gasteiger partial charge in [-0.2, -0.15) is 0 Å². The third-order valence-corrected chi connectivity index (χ3v) is 3.71. The van der Waals surface area contributed by atoms with Crippen LogP contribution < -0.4 is 15.4 Å². The normalized spacial score (nSPS) is 21.6. The molecule has 5 nitrogen and oxygen atoms in total. The van der Waals surface area contributed by atoms with Gasteiger partial charge in [-0.15, -0.1) is 0 Å². The van der Waals surface area contributed by atoms with Crippen molar-refractivity contribution in [3.63, 3.8) is 0 Å². The molecular weight excluding hydrogens is 292 g/mol. The second kappa shape index (κ2) is 7.49. The molecule has 0 aliphatic carbocycles. The van der Waals surface area contributed by atoms with Gasteiger partial charge >= 0.3 is 0 Å². The summed E-state index contributed by atoms with van der Waals surface area (Å²) in [4.78, 5) is 16.4.